The van der Waals surface area contributed by atoms with Crippen LogP contribution in [0.25, 0.3) is 10.8 Å². The third-order valence-corrected chi connectivity index (χ3v) is 3.68. The first-order chi connectivity index (χ1) is 11.6. The first-order valence-electron chi connectivity index (χ1n) is 7.32. The molecule has 0 aliphatic carbocycles. The number of aromatic hydroxyl groups is 3. The lowest BCUT2D eigenvalue weighted by Gasteiger charge is -2.04. The van der Waals surface area contributed by atoms with Crippen LogP contribution in [0.15, 0.2) is 59.6 Å². The molecule has 5 nitrogen and oxygen atoms in total. The fourth-order valence-electron chi connectivity index (χ4n) is 2.45. The summed E-state index contributed by atoms with van der Waals surface area (Å²) >= 11 is 0. The molecule has 0 radical (unpaired) electrons. The van der Waals surface area contributed by atoms with Gasteiger partial charge in [-0.3, -0.25) is 9.79 Å². The first-order valence-corrected chi connectivity index (χ1v) is 7.32. The SMILES string of the molecule is O=C(CN=Cc1cccc2ccccc12)c1cc(O)c(O)c(O)c1. The van der Waals surface area contributed by atoms with Gasteiger partial charge >= 0.3 is 0 Å². The number of rotatable bonds is 4. The summed E-state index contributed by atoms with van der Waals surface area (Å²) in [7, 11) is 0. The molecule has 120 valence electrons. The molecule has 0 aliphatic rings. The van der Waals surface area contributed by atoms with Gasteiger partial charge in [-0.05, 0) is 22.9 Å². The number of carbonyl (C=O) groups excluding carboxylic acids is 1. The predicted octanol–water partition coefficient (Wildman–Crippen LogP) is 3.26. The minimum absolute atomic E-state index is 0.0814. The Morgan fingerprint density at radius 3 is 2.38 bits per heavy atom. The normalized spacial score (nSPS) is 11.2. The van der Waals surface area contributed by atoms with Gasteiger partial charge in [0.1, 0.15) is 6.54 Å². The molecule has 0 aromatic heterocycles. The summed E-state index contributed by atoms with van der Waals surface area (Å²) in [5.41, 5.74) is 0.982. The topological polar surface area (TPSA) is 90.1 Å². The maximum Gasteiger partial charge on any atom is 0.200 e. The van der Waals surface area contributed by atoms with E-state index in [1.165, 1.54) is 0 Å². The van der Waals surface area contributed by atoms with Crippen molar-refractivity contribution >= 4 is 22.8 Å². The second-order valence-electron chi connectivity index (χ2n) is 5.32. The van der Waals surface area contributed by atoms with E-state index in [-0.39, 0.29) is 17.9 Å². The smallest absolute Gasteiger partial charge is 0.200 e. The predicted molar refractivity (Wildman–Crippen MR) is 92.2 cm³/mol. The molecule has 3 rings (SSSR count). The molecule has 24 heavy (non-hydrogen) atoms. The number of phenols is 3. The fraction of sp³-hybridized carbons (Fsp3) is 0.0526. The lowest BCUT2D eigenvalue weighted by molar-refractivity contribution is 0.100. The van der Waals surface area contributed by atoms with Crippen molar-refractivity contribution in [1.29, 1.82) is 0 Å². The van der Waals surface area contributed by atoms with Crippen molar-refractivity contribution in [2.24, 2.45) is 4.99 Å². The first kappa shape index (κ1) is 15.6. The number of Topliss-reactive ketones (excluding diaryl/α,β-unsaturated/α-hetero) is 1. The van der Waals surface area contributed by atoms with E-state index in [0.717, 1.165) is 28.5 Å². The van der Waals surface area contributed by atoms with Crippen LogP contribution in [0.2, 0.25) is 0 Å². The molecule has 0 saturated heterocycles. The van der Waals surface area contributed by atoms with Crippen LogP contribution in [0.1, 0.15) is 15.9 Å². The summed E-state index contributed by atoms with van der Waals surface area (Å²) < 4.78 is 0. The van der Waals surface area contributed by atoms with Gasteiger partial charge in [0, 0.05) is 17.3 Å². The van der Waals surface area contributed by atoms with E-state index >= 15 is 0 Å². The Balaban J connectivity index is 1.80. The van der Waals surface area contributed by atoms with Gasteiger partial charge in [0.25, 0.3) is 0 Å². The molecule has 0 bridgehead atoms. The zero-order valence-corrected chi connectivity index (χ0v) is 12.7. The fourth-order valence-corrected chi connectivity index (χ4v) is 2.45. The molecule has 0 heterocycles. The largest absolute Gasteiger partial charge is 0.504 e. The van der Waals surface area contributed by atoms with E-state index in [2.05, 4.69) is 4.99 Å². The minimum Gasteiger partial charge on any atom is -0.504 e. The number of hydrogen-bond acceptors (Lipinski definition) is 5. The molecule has 3 N–H and O–H groups in total. The van der Waals surface area contributed by atoms with Crippen molar-refractivity contribution in [1.82, 2.24) is 0 Å². The van der Waals surface area contributed by atoms with E-state index < -0.39 is 17.2 Å². The van der Waals surface area contributed by atoms with E-state index in [0.29, 0.717) is 0 Å². The molecule has 5 heteroatoms. The molecule has 0 saturated carbocycles. The summed E-state index contributed by atoms with van der Waals surface area (Å²) in [5, 5.41) is 30.3. The third-order valence-electron chi connectivity index (χ3n) is 3.68. The number of hydrogen-bond donors (Lipinski definition) is 3. The van der Waals surface area contributed by atoms with Crippen molar-refractivity contribution in [3.05, 3.63) is 65.7 Å². The average Bonchev–Trinajstić information content (AvgIpc) is 2.59. The Hall–Kier alpha value is -3.34. The van der Waals surface area contributed by atoms with Crippen molar-refractivity contribution in [3.63, 3.8) is 0 Å². The lowest BCUT2D eigenvalue weighted by Crippen LogP contribution is -2.03. The third kappa shape index (κ3) is 3.05. The van der Waals surface area contributed by atoms with Crippen LogP contribution in [0.3, 0.4) is 0 Å². The number of benzene rings is 3. The van der Waals surface area contributed by atoms with Gasteiger partial charge in [-0.2, -0.15) is 0 Å². The van der Waals surface area contributed by atoms with Crippen molar-refractivity contribution in [2.45, 2.75) is 0 Å². The molecule has 0 unspecified atom stereocenters. The number of fused-ring (bicyclic) bond motifs is 1. The molecular formula is C19H15NO4. The Labute approximate surface area is 138 Å². The van der Waals surface area contributed by atoms with Crippen LogP contribution >= 0.6 is 0 Å². The molecule has 0 spiro atoms. The summed E-state index contributed by atoms with van der Waals surface area (Å²) in [4.78, 5) is 16.2. The maximum atomic E-state index is 12.1. The van der Waals surface area contributed by atoms with Crippen LogP contribution in [0.4, 0.5) is 0 Å². The van der Waals surface area contributed by atoms with Gasteiger partial charge < -0.3 is 15.3 Å². The highest BCUT2D eigenvalue weighted by atomic mass is 16.3. The summed E-state index contributed by atoms with van der Waals surface area (Å²) in [6, 6.07) is 15.9. The second-order valence-corrected chi connectivity index (χ2v) is 5.32. The molecule has 0 amide bonds. The molecule has 3 aromatic carbocycles. The Morgan fingerprint density at radius 2 is 1.62 bits per heavy atom. The maximum absolute atomic E-state index is 12.1. The lowest BCUT2D eigenvalue weighted by atomic mass is 10.1. The number of phenolic OH excluding ortho intramolecular Hbond substituents is 3. The Bertz CT molecular complexity index is 919. The van der Waals surface area contributed by atoms with Gasteiger partial charge in [0.15, 0.2) is 23.0 Å². The number of nitrogens with zero attached hydrogens (tertiary/aromatic N) is 1. The van der Waals surface area contributed by atoms with Gasteiger partial charge in [-0.25, -0.2) is 0 Å². The molecule has 0 fully saturated rings. The van der Waals surface area contributed by atoms with Crippen molar-refractivity contribution < 1.29 is 20.1 Å². The zero-order valence-electron chi connectivity index (χ0n) is 12.7. The van der Waals surface area contributed by atoms with Crippen LogP contribution in [-0.4, -0.2) is 33.9 Å². The van der Waals surface area contributed by atoms with E-state index in [9.17, 15) is 20.1 Å². The Kier molecular flexibility index (Phi) is 4.16. The van der Waals surface area contributed by atoms with E-state index in [1.807, 2.05) is 42.5 Å². The summed E-state index contributed by atoms with van der Waals surface area (Å²) in [6.45, 7) is -0.132. The van der Waals surface area contributed by atoms with Crippen molar-refractivity contribution in [2.75, 3.05) is 6.54 Å². The monoisotopic (exact) mass is 321 g/mol. The van der Waals surface area contributed by atoms with E-state index in [4.69, 9.17) is 0 Å². The standard InChI is InChI=1S/C19H15NO4/c21-16-8-14(9-17(22)19(16)24)18(23)11-20-10-13-6-3-5-12-4-1-2-7-15(12)13/h1-10,21-22,24H,11H2. The highest BCUT2D eigenvalue weighted by molar-refractivity contribution is 6.02. The molecule has 3 aromatic rings. The number of ketones is 1. The van der Waals surface area contributed by atoms with Crippen LogP contribution in [0.5, 0.6) is 17.2 Å². The van der Waals surface area contributed by atoms with Gasteiger partial charge in [-0.1, -0.05) is 42.5 Å². The van der Waals surface area contributed by atoms with Crippen LogP contribution in [-0.2, 0) is 0 Å². The highest BCUT2D eigenvalue weighted by Crippen LogP contribution is 2.35. The quantitative estimate of drug-likeness (QED) is 0.391. The number of carbonyl (C=O) groups is 1. The Morgan fingerprint density at radius 1 is 0.958 bits per heavy atom. The molecular weight excluding hydrogens is 306 g/mol. The van der Waals surface area contributed by atoms with E-state index in [1.54, 1.807) is 6.21 Å². The van der Waals surface area contributed by atoms with Gasteiger partial charge in [0.05, 0.1) is 0 Å². The van der Waals surface area contributed by atoms with Crippen LogP contribution in [0, 0.1) is 0 Å². The zero-order chi connectivity index (χ0) is 17.1. The average molecular weight is 321 g/mol. The molecule has 0 aliphatic heterocycles. The highest BCUT2D eigenvalue weighted by Gasteiger charge is 2.12. The molecule has 0 atom stereocenters. The minimum atomic E-state index is -0.647. The van der Waals surface area contributed by atoms with Crippen molar-refractivity contribution in [3.8, 4) is 17.2 Å². The van der Waals surface area contributed by atoms with Gasteiger partial charge in [0.2, 0.25) is 0 Å². The van der Waals surface area contributed by atoms with Gasteiger partial charge in [-0.15, -0.1) is 0 Å². The second kappa shape index (κ2) is 6.42. The summed E-state index contributed by atoms with van der Waals surface area (Å²) in [5.74, 6) is -2.12. The van der Waals surface area contributed by atoms with Crippen LogP contribution < -0.4 is 0 Å². The number of aliphatic imine (C=N–C) groups is 1. The summed E-state index contributed by atoms with van der Waals surface area (Å²) in [6.07, 6.45) is 1.63.